The zero-order valence-electron chi connectivity index (χ0n) is 10.3. The highest BCUT2D eigenvalue weighted by Crippen LogP contribution is 2.42. The molecule has 5 heteroatoms. The van der Waals surface area contributed by atoms with Gasteiger partial charge in [0, 0.05) is 5.92 Å². The molecule has 0 aliphatic carbocycles. The van der Waals surface area contributed by atoms with Crippen molar-refractivity contribution in [3.63, 3.8) is 0 Å². The van der Waals surface area contributed by atoms with Gasteiger partial charge in [-0.1, -0.05) is 6.92 Å². The van der Waals surface area contributed by atoms with Crippen molar-refractivity contribution in [1.29, 1.82) is 0 Å². The Morgan fingerprint density at radius 1 is 1.24 bits per heavy atom. The molecule has 0 saturated carbocycles. The molecule has 3 aliphatic heterocycles. The molecule has 0 bridgehead atoms. The standard InChI is InChI=1S/C12H18O5/c1-6-9(8-5-13-7(2)14-8)15-11-10(6)16-12(3,4)17-11/h6,8-11H,2,5H2,1,3-4H3/t6-,8+,9-,10+,11+/m0/s1. The second kappa shape index (κ2) is 3.60. The first-order valence-electron chi connectivity index (χ1n) is 5.96. The zero-order valence-corrected chi connectivity index (χ0v) is 10.3. The van der Waals surface area contributed by atoms with Crippen LogP contribution in [0.5, 0.6) is 0 Å². The Bertz CT molecular complexity index is 340. The molecule has 0 aromatic heterocycles. The second-order valence-corrected chi connectivity index (χ2v) is 5.27. The van der Waals surface area contributed by atoms with E-state index in [2.05, 4.69) is 13.5 Å². The van der Waals surface area contributed by atoms with Crippen LogP contribution in [0.15, 0.2) is 12.5 Å². The molecule has 3 rings (SSSR count). The molecule has 0 spiro atoms. The number of hydrogen-bond acceptors (Lipinski definition) is 5. The van der Waals surface area contributed by atoms with Crippen LogP contribution in [0.3, 0.4) is 0 Å². The second-order valence-electron chi connectivity index (χ2n) is 5.27. The molecule has 5 atom stereocenters. The van der Waals surface area contributed by atoms with Crippen LogP contribution >= 0.6 is 0 Å². The van der Waals surface area contributed by atoms with Crippen LogP contribution < -0.4 is 0 Å². The first-order valence-corrected chi connectivity index (χ1v) is 5.96. The van der Waals surface area contributed by atoms with Gasteiger partial charge in [-0.25, -0.2) is 0 Å². The molecular formula is C12H18O5. The molecule has 0 radical (unpaired) electrons. The fourth-order valence-corrected chi connectivity index (χ4v) is 2.68. The summed E-state index contributed by atoms with van der Waals surface area (Å²) in [7, 11) is 0. The van der Waals surface area contributed by atoms with E-state index in [0.29, 0.717) is 12.6 Å². The van der Waals surface area contributed by atoms with Crippen LogP contribution in [-0.2, 0) is 23.7 Å². The Balaban J connectivity index is 1.70. The van der Waals surface area contributed by atoms with Gasteiger partial charge in [0.2, 0.25) is 0 Å². The van der Waals surface area contributed by atoms with Crippen molar-refractivity contribution in [2.75, 3.05) is 6.61 Å². The molecule has 3 fully saturated rings. The molecule has 3 heterocycles. The summed E-state index contributed by atoms with van der Waals surface area (Å²) < 4.78 is 28.1. The maximum Gasteiger partial charge on any atom is 0.272 e. The van der Waals surface area contributed by atoms with Crippen molar-refractivity contribution in [3.05, 3.63) is 12.5 Å². The molecule has 5 nitrogen and oxygen atoms in total. The molecule has 0 amide bonds. The summed E-state index contributed by atoms with van der Waals surface area (Å²) in [6, 6.07) is 0. The van der Waals surface area contributed by atoms with Crippen molar-refractivity contribution in [2.24, 2.45) is 5.92 Å². The van der Waals surface area contributed by atoms with E-state index in [0.717, 1.165) is 0 Å². The summed E-state index contributed by atoms with van der Waals surface area (Å²) >= 11 is 0. The lowest BCUT2D eigenvalue weighted by Crippen LogP contribution is -2.36. The molecule has 0 N–H and O–H groups in total. The summed E-state index contributed by atoms with van der Waals surface area (Å²) in [5.41, 5.74) is 0. The molecule has 0 unspecified atom stereocenters. The van der Waals surface area contributed by atoms with Gasteiger partial charge in [0.1, 0.15) is 18.8 Å². The van der Waals surface area contributed by atoms with E-state index in [-0.39, 0.29) is 30.5 Å². The Kier molecular flexibility index (Phi) is 2.40. The van der Waals surface area contributed by atoms with E-state index in [1.165, 1.54) is 0 Å². The average molecular weight is 242 g/mol. The Morgan fingerprint density at radius 2 is 2.00 bits per heavy atom. The SMILES string of the molecule is C=C1OC[C@H]([C@H]2O[C@@H]3OC(C)(C)O[C@@H]3[C@H]2C)O1. The van der Waals surface area contributed by atoms with Gasteiger partial charge in [-0.15, -0.1) is 0 Å². The van der Waals surface area contributed by atoms with E-state index in [4.69, 9.17) is 23.7 Å². The van der Waals surface area contributed by atoms with E-state index in [1.54, 1.807) is 0 Å². The Morgan fingerprint density at radius 3 is 2.59 bits per heavy atom. The molecule has 3 saturated heterocycles. The van der Waals surface area contributed by atoms with Crippen molar-refractivity contribution < 1.29 is 23.7 Å². The lowest BCUT2D eigenvalue weighted by molar-refractivity contribution is -0.218. The predicted octanol–water partition coefficient (Wildman–Crippen LogP) is 1.39. The smallest absolute Gasteiger partial charge is 0.272 e. The van der Waals surface area contributed by atoms with Crippen LogP contribution in [0.25, 0.3) is 0 Å². The number of fused-ring (bicyclic) bond motifs is 1. The highest BCUT2D eigenvalue weighted by molar-refractivity contribution is 4.96. The van der Waals surface area contributed by atoms with Gasteiger partial charge in [0.25, 0.3) is 5.95 Å². The van der Waals surface area contributed by atoms with Crippen molar-refractivity contribution >= 4 is 0 Å². The lowest BCUT2D eigenvalue weighted by Gasteiger charge is -2.25. The quantitative estimate of drug-likeness (QED) is 0.695. The summed E-state index contributed by atoms with van der Waals surface area (Å²) in [5.74, 6) is 0.0110. The minimum atomic E-state index is -0.564. The highest BCUT2D eigenvalue weighted by Gasteiger charge is 2.55. The van der Waals surface area contributed by atoms with E-state index < -0.39 is 5.79 Å². The normalized spacial score (nSPS) is 47.7. The summed E-state index contributed by atoms with van der Waals surface area (Å²) in [6.07, 6.45) is -0.520. The third kappa shape index (κ3) is 1.82. The van der Waals surface area contributed by atoms with Gasteiger partial charge in [0.15, 0.2) is 18.2 Å². The van der Waals surface area contributed by atoms with Gasteiger partial charge >= 0.3 is 0 Å². The van der Waals surface area contributed by atoms with Crippen LogP contribution in [-0.4, -0.2) is 37.0 Å². The van der Waals surface area contributed by atoms with Gasteiger partial charge in [0.05, 0.1) is 0 Å². The van der Waals surface area contributed by atoms with E-state index in [1.807, 2.05) is 13.8 Å². The van der Waals surface area contributed by atoms with Crippen LogP contribution in [0.4, 0.5) is 0 Å². The first kappa shape index (κ1) is 11.3. The Labute approximate surface area is 101 Å². The van der Waals surface area contributed by atoms with Crippen molar-refractivity contribution in [3.8, 4) is 0 Å². The summed E-state index contributed by atoms with van der Waals surface area (Å²) in [5, 5.41) is 0. The van der Waals surface area contributed by atoms with Crippen LogP contribution in [0.1, 0.15) is 20.8 Å². The van der Waals surface area contributed by atoms with Crippen molar-refractivity contribution in [1.82, 2.24) is 0 Å². The monoisotopic (exact) mass is 242 g/mol. The summed E-state index contributed by atoms with van der Waals surface area (Å²) in [6.45, 7) is 10.00. The summed E-state index contributed by atoms with van der Waals surface area (Å²) in [4.78, 5) is 0. The third-order valence-electron chi connectivity index (χ3n) is 3.47. The van der Waals surface area contributed by atoms with Crippen LogP contribution in [0.2, 0.25) is 0 Å². The lowest BCUT2D eigenvalue weighted by atomic mass is 9.97. The van der Waals surface area contributed by atoms with Gasteiger partial charge in [-0.05, 0) is 20.4 Å². The van der Waals surface area contributed by atoms with E-state index >= 15 is 0 Å². The predicted molar refractivity (Wildman–Crippen MR) is 57.8 cm³/mol. The fraction of sp³-hybridized carbons (Fsp3) is 0.833. The third-order valence-corrected chi connectivity index (χ3v) is 3.47. The van der Waals surface area contributed by atoms with Gasteiger partial charge in [-0.3, -0.25) is 0 Å². The minimum absolute atomic E-state index is 0.0348. The fourth-order valence-electron chi connectivity index (χ4n) is 2.68. The average Bonchev–Trinajstić information content (AvgIpc) is 2.83. The largest absolute Gasteiger partial charge is 0.462 e. The maximum absolute atomic E-state index is 5.87. The minimum Gasteiger partial charge on any atom is -0.462 e. The molecule has 3 aliphatic rings. The van der Waals surface area contributed by atoms with Gasteiger partial charge < -0.3 is 23.7 Å². The maximum atomic E-state index is 5.87. The highest BCUT2D eigenvalue weighted by atomic mass is 16.8. The molecular weight excluding hydrogens is 224 g/mol. The van der Waals surface area contributed by atoms with Crippen LogP contribution in [0, 0.1) is 5.92 Å². The first-order chi connectivity index (χ1) is 7.96. The molecule has 17 heavy (non-hydrogen) atoms. The van der Waals surface area contributed by atoms with Crippen molar-refractivity contribution in [2.45, 2.75) is 51.2 Å². The van der Waals surface area contributed by atoms with Gasteiger partial charge in [-0.2, -0.15) is 0 Å². The molecule has 0 aromatic rings. The Hall–Kier alpha value is -0.780. The number of hydrogen-bond donors (Lipinski definition) is 0. The molecule has 96 valence electrons. The van der Waals surface area contributed by atoms with E-state index in [9.17, 15) is 0 Å². The topological polar surface area (TPSA) is 46.2 Å². The number of ether oxygens (including phenoxy) is 5. The zero-order chi connectivity index (χ0) is 12.2. The number of rotatable bonds is 1. The molecule has 0 aromatic carbocycles.